The molecule has 4 N–H and O–H groups in total. The van der Waals surface area contributed by atoms with E-state index >= 15 is 0 Å². The average molecular weight is 303 g/mol. The minimum atomic E-state index is -0.418. The van der Waals surface area contributed by atoms with Crippen molar-refractivity contribution in [3.05, 3.63) is 52.4 Å². The monoisotopic (exact) mass is 302 g/mol. The Morgan fingerprint density at radius 3 is 2.52 bits per heavy atom. The van der Waals surface area contributed by atoms with Gasteiger partial charge in [-0.1, -0.05) is 48.0 Å². The van der Waals surface area contributed by atoms with Gasteiger partial charge in [-0.15, -0.1) is 0 Å². The zero-order valence-corrected chi connectivity index (χ0v) is 12.0. The molecule has 2 rings (SSSR count). The zero-order valence-electron chi connectivity index (χ0n) is 11.3. The van der Waals surface area contributed by atoms with Crippen LogP contribution in [0.5, 0.6) is 0 Å². The summed E-state index contributed by atoms with van der Waals surface area (Å²) in [4.78, 5) is 19.1. The van der Waals surface area contributed by atoms with Crippen molar-refractivity contribution in [3.63, 3.8) is 0 Å². The summed E-state index contributed by atoms with van der Waals surface area (Å²) in [6, 6.07) is 9.74. The van der Waals surface area contributed by atoms with E-state index < -0.39 is 5.91 Å². The van der Waals surface area contributed by atoms with Crippen LogP contribution >= 0.6 is 11.6 Å². The molecule has 0 aliphatic heterocycles. The summed E-state index contributed by atoms with van der Waals surface area (Å²) in [6.45, 7) is 0. The number of primary amides is 1. The summed E-state index contributed by atoms with van der Waals surface area (Å²) in [7, 11) is 0. The minimum absolute atomic E-state index is 0.159. The van der Waals surface area contributed by atoms with Crippen LogP contribution in [0.3, 0.4) is 0 Å². The second-order valence-electron chi connectivity index (χ2n) is 4.45. The number of carbonyl (C=O) groups excluding carboxylic acids is 1. The fraction of sp³-hybridized carbons (Fsp3) is 0.133. The van der Waals surface area contributed by atoms with Gasteiger partial charge >= 0.3 is 0 Å². The van der Waals surface area contributed by atoms with Gasteiger partial charge in [0.05, 0.1) is 0 Å². The van der Waals surface area contributed by atoms with Gasteiger partial charge in [-0.05, 0) is 18.1 Å². The number of aromatic nitrogens is 2. The van der Waals surface area contributed by atoms with Gasteiger partial charge in [0.15, 0.2) is 5.82 Å². The molecule has 0 radical (unpaired) electrons. The number of carbonyl (C=O) groups is 1. The molecule has 0 fully saturated rings. The number of hydrogen-bond donors (Lipinski definition) is 2. The number of halogens is 1. The largest absolute Gasteiger partial charge is 0.383 e. The molecule has 108 valence electrons. The number of benzene rings is 1. The third-order valence-electron chi connectivity index (χ3n) is 2.85. The second-order valence-corrected chi connectivity index (χ2v) is 4.80. The van der Waals surface area contributed by atoms with Gasteiger partial charge in [-0.2, -0.15) is 0 Å². The van der Waals surface area contributed by atoms with Crippen molar-refractivity contribution in [2.75, 3.05) is 5.73 Å². The first-order valence-electron chi connectivity index (χ1n) is 6.39. The maximum Gasteiger partial charge on any atom is 0.217 e. The molecule has 5 nitrogen and oxygen atoms in total. The molecule has 21 heavy (non-hydrogen) atoms. The van der Waals surface area contributed by atoms with Gasteiger partial charge in [-0.3, -0.25) is 4.79 Å². The first-order valence-corrected chi connectivity index (χ1v) is 6.77. The van der Waals surface area contributed by atoms with Crippen LogP contribution in [0.25, 0.3) is 12.2 Å². The molecule has 1 amide bonds. The summed E-state index contributed by atoms with van der Waals surface area (Å²) < 4.78 is 0. The van der Waals surface area contributed by atoms with Crippen molar-refractivity contribution >= 4 is 35.5 Å². The summed E-state index contributed by atoms with van der Waals surface area (Å²) in [6.07, 6.45) is 4.10. The summed E-state index contributed by atoms with van der Waals surface area (Å²) in [5.41, 5.74) is 12.5. The molecule has 0 unspecified atom stereocenters. The summed E-state index contributed by atoms with van der Waals surface area (Å²) in [5.74, 6) is 0.270. The molecule has 0 aliphatic carbocycles. The Balaban J connectivity index is 2.19. The highest BCUT2D eigenvalue weighted by Crippen LogP contribution is 2.21. The number of amides is 1. The van der Waals surface area contributed by atoms with Crippen LogP contribution in [0.4, 0.5) is 5.82 Å². The van der Waals surface area contributed by atoms with Crippen LogP contribution in [0, 0.1) is 0 Å². The van der Waals surface area contributed by atoms with Gasteiger partial charge in [-0.25, -0.2) is 9.97 Å². The van der Waals surface area contributed by atoms with Crippen molar-refractivity contribution in [2.24, 2.45) is 5.73 Å². The second kappa shape index (κ2) is 6.85. The Kier molecular flexibility index (Phi) is 4.90. The number of hydrogen-bond acceptors (Lipinski definition) is 4. The first-order chi connectivity index (χ1) is 10.1. The Morgan fingerprint density at radius 1 is 1.19 bits per heavy atom. The minimum Gasteiger partial charge on any atom is -0.383 e. The lowest BCUT2D eigenvalue weighted by Gasteiger charge is -2.06. The Bertz CT molecular complexity index is 648. The number of nitrogen functional groups attached to an aromatic ring is 1. The maximum absolute atomic E-state index is 10.8. The summed E-state index contributed by atoms with van der Waals surface area (Å²) >= 11 is 6.08. The zero-order chi connectivity index (χ0) is 15.2. The van der Waals surface area contributed by atoms with E-state index in [1.807, 2.05) is 36.4 Å². The lowest BCUT2D eigenvalue weighted by atomic mass is 10.1. The predicted molar refractivity (Wildman–Crippen MR) is 84.3 cm³/mol. The fourth-order valence-electron chi connectivity index (χ4n) is 1.78. The highest BCUT2D eigenvalue weighted by molar-refractivity contribution is 6.30. The molecule has 0 saturated carbocycles. The van der Waals surface area contributed by atoms with Gasteiger partial charge in [0.1, 0.15) is 11.0 Å². The van der Waals surface area contributed by atoms with Gasteiger partial charge in [0.2, 0.25) is 5.91 Å². The molecule has 0 aliphatic rings. The Morgan fingerprint density at radius 2 is 1.90 bits per heavy atom. The highest BCUT2D eigenvalue weighted by Gasteiger charge is 2.10. The van der Waals surface area contributed by atoms with Crippen LogP contribution in [0.15, 0.2) is 30.3 Å². The smallest absolute Gasteiger partial charge is 0.217 e. The molecule has 6 heteroatoms. The van der Waals surface area contributed by atoms with Gasteiger partial charge < -0.3 is 11.5 Å². The lowest BCUT2D eigenvalue weighted by Crippen LogP contribution is -2.13. The van der Waals surface area contributed by atoms with E-state index in [0.717, 1.165) is 5.56 Å². The van der Waals surface area contributed by atoms with E-state index in [1.54, 1.807) is 6.08 Å². The van der Waals surface area contributed by atoms with Crippen LogP contribution in [0.2, 0.25) is 5.15 Å². The molecule has 1 aromatic heterocycles. The predicted octanol–water partition coefficient (Wildman–Crippen LogP) is 2.30. The molecule has 0 bridgehead atoms. The van der Waals surface area contributed by atoms with Crippen molar-refractivity contribution in [1.82, 2.24) is 9.97 Å². The molecular formula is C15H15ClN4O. The quantitative estimate of drug-likeness (QED) is 0.828. The highest BCUT2D eigenvalue weighted by atomic mass is 35.5. The summed E-state index contributed by atoms with van der Waals surface area (Å²) in [5, 5.41) is 0.247. The molecule has 0 saturated heterocycles. The number of nitrogens with zero attached hydrogens (tertiary/aromatic N) is 2. The van der Waals surface area contributed by atoms with E-state index in [1.165, 1.54) is 0 Å². The molecule has 0 spiro atoms. The topological polar surface area (TPSA) is 94.9 Å². The van der Waals surface area contributed by atoms with E-state index in [4.69, 9.17) is 23.1 Å². The molecule has 1 aromatic carbocycles. The van der Waals surface area contributed by atoms with Crippen LogP contribution in [-0.4, -0.2) is 15.9 Å². The van der Waals surface area contributed by atoms with Crippen LogP contribution in [0.1, 0.15) is 23.4 Å². The molecular weight excluding hydrogens is 288 g/mol. The average Bonchev–Trinajstić information content (AvgIpc) is 2.45. The van der Waals surface area contributed by atoms with E-state index in [9.17, 15) is 4.79 Å². The molecule has 0 atom stereocenters. The first kappa shape index (κ1) is 15.0. The van der Waals surface area contributed by atoms with E-state index in [2.05, 4.69) is 9.97 Å². The van der Waals surface area contributed by atoms with Crippen LogP contribution in [-0.2, 0) is 11.2 Å². The van der Waals surface area contributed by atoms with E-state index in [-0.39, 0.29) is 17.4 Å². The number of anilines is 1. The van der Waals surface area contributed by atoms with Crippen molar-refractivity contribution in [3.8, 4) is 0 Å². The van der Waals surface area contributed by atoms with Crippen LogP contribution < -0.4 is 11.5 Å². The third-order valence-corrected chi connectivity index (χ3v) is 3.16. The normalized spacial score (nSPS) is 10.9. The van der Waals surface area contributed by atoms with Gasteiger partial charge in [0.25, 0.3) is 0 Å². The molecule has 1 heterocycles. The lowest BCUT2D eigenvalue weighted by molar-refractivity contribution is -0.117. The van der Waals surface area contributed by atoms with Crippen molar-refractivity contribution in [1.29, 1.82) is 0 Å². The van der Waals surface area contributed by atoms with E-state index in [0.29, 0.717) is 17.8 Å². The maximum atomic E-state index is 10.8. The fourth-order valence-corrected chi connectivity index (χ4v) is 2.06. The van der Waals surface area contributed by atoms with Crippen molar-refractivity contribution in [2.45, 2.75) is 12.8 Å². The van der Waals surface area contributed by atoms with Gasteiger partial charge in [0, 0.05) is 12.0 Å². The number of rotatable bonds is 5. The SMILES string of the molecule is NC(=O)CCc1c(N)nc(/C=C/c2ccccc2)nc1Cl. The third kappa shape index (κ3) is 4.29. The number of nitrogens with two attached hydrogens (primary N) is 2. The standard InChI is InChI=1S/C15H15ClN4O/c16-14-11(7-8-12(17)21)15(18)20-13(19-14)9-6-10-4-2-1-3-5-10/h1-6,9H,7-8H2,(H2,17,21)(H2,18,19,20)/b9-6+. The molecule has 2 aromatic rings. The Labute approximate surface area is 127 Å². The van der Waals surface area contributed by atoms with Crippen molar-refractivity contribution < 1.29 is 4.79 Å². The Hall–Kier alpha value is -2.40.